The third-order valence-corrected chi connectivity index (χ3v) is 4.77. The number of nitrogens with one attached hydrogen (secondary N) is 1. The van der Waals surface area contributed by atoms with Gasteiger partial charge in [0.15, 0.2) is 0 Å². The highest BCUT2D eigenvalue weighted by atomic mass is 16.3. The fraction of sp³-hybridized carbons (Fsp3) is 0.733. The number of aliphatic hydroxyl groups is 1. The van der Waals surface area contributed by atoms with Crippen LogP contribution in [-0.4, -0.2) is 44.8 Å². The highest BCUT2D eigenvalue weighted by molar-refractivity contribution is 5.77. The van der Waals surface area contributed by atoms with Crippen LogP contribution in [-0.2, 0) is 4.79 Å². The van der Waals surface area contributed by atoms with E-state index in [0.29, 0.717) is 12.3 Å². The van der Waals surface area contributed by atoms with Gasteiger partial charge in [0.1, 0.15) is 0 Å². The average molecular weight is 277 g/mol. The fourth-order valence-corrected chi connectivity index (χ4v) is 3.51. The summed E-state index contributed by atoms with van der Waals surface area (Å²) in [6.07, 6.45) is 7.84. The van der Waals surface area contributed by atoms with Crippen LogP contribution >= 0.6 is 0 Å². The number of hydrogen-bond acceptors (Lipinski definition) is 3. The maximum Gasteiger partial charge on any atom is 0.225 e. The molecule has 5 heteroatoms. The molecule has 1 aromatic rings. The van der Waals surface area contributed by atoms with E-state index in [4.69, 9.17) is 0 Å². The summed E-state index contributed by atoms with van der Waals surface area (Å²) in [5.41, 5.74) is 0.359. The SMILES string of the molecule is O=C(CC1(O)CCCCC1)N1CC[C@H](c2ccn[nH]2)C1. The first kappa shape index (κ1) is 13.6. The van der Waals surface area contributed by atoms with Crippen LogP contribution < -0.4 is 0 Å². The van der Waals surface area contributed by atoms with E-state index in [1.807, 2.05) is 11.0 Å². The molecule has 2 heterocycles. The second-order valence-corrected chi connectivity index (χ2v) is 6.30. The number of carbonyl (C=O) groups excluding carboxylic acids is 1. The molecule has 0 spiro atoms. The van der Waals surface area contributed by atoms with Crippen LogP contribution in [0.3, 0.4) is 0 Å². The molecule has 20 heavy (non-hydrogen) atoms. The summed E-state index contributed by atoms with van der Waals surface area (Å²) >= 11 is 0. The first-order valence-corrected chi connectivity index (χ1v) is 7.66. The number of hydrogen-bond donors (Lipinski definition) is 2. The van der Waals surface area contributed by atoms with Gasteiger partial charge in [-0.05, 0) is 25.3 Å². The van der Waals surface area contributed by atoms with E-state index < -0.39 is 5.60 Å². The second kappa shape index (κ2) is 5.56. The van der Waals surface area contributed by atoms with Crippen LogP contribution in [0.25, 0.3) is 0 Å². The lowest BCUT2D eigenvalue weighted by Crippen LogP contribution is -2.39. The molecule has 2 aliphatic rings. The van der Waals surface area contributed by atoms with Gasteiger partial charge >= 0.3 is 0 Å². The molecule has 2 fully saturated rings. The molecule has 1 saturated heterocycles. The Labute approximate surface area is 119 Å². The predicted molar refractivity (Wildman–Crippen MR) is 75.2 cm³/mol. The zero-order valence-electron chi connectivity index (χ0n) is 11.8. The normalized spacial score (nSPS) is 25.9. The van der Waals surface area contributed by atoms with Crippen molar-refractivity contribution >= 4 is 5.91 Å². The lowest BCUT2D eigenvalue weighted by atomic mass is 9.82. The monoisotopic (exact) mass is 277 g/mol. The molecule has 1 aliphatic carbocycles. The number of aromatic nitrogens is 2. The van der Waals surface area contributed by atoms with E-state index in [1.54, 1.807) is 6.20 Å². The van der Waals surface area contributed by atoms with Crippen LogP contribution in [0, 0.1) is 0 Å². The quantitative estimate of drug-likeness (QED) is 0.885. The van der Waals surface area contributed by atoms with Gasteiger partial charge in [-0.3, -0.25) is 9.89 Å². The number of likely N-dealkylation sites (tertiary alicyclic amines) is 1. The summed E-state index contributed by atoms with van der Waals surface area (Å²) in [5.74, 6) is 0.471. The van der Waals surface area contributed by atoms with Gasteiger partial charge in [0.25, 0.3) is 0 Å². The molecular weight excluding hydrogens is 254 g/mol. The number of nitrogens with zero attached hydrogens (tertiary/aromatic N) is 2. The first-order valence-electron chi connectivity index (χ1n) is 7.66. The van der Waals surface area contributed by atoms with Crippen molar-refractivity contribution in [1.29, 1.82) is 0 Å². The van der Waals surface area contributed by atoms with Crippen molar-refractivity contribution in [3.05, 3.63) is 18.0 Å². The number of rotatable bonds is 3. The average Bonchev–Trinajstić information content (AvgIpc) is 3.10. The summed E-state index contributed by atoms with van der Waals surface area (Å²) in [6.45, 7) is 1.54. The minimum absolute atomic E-state index is 0.108. The maximum absolute atomic E-state index is 12.4. The zero-order valence-corrected chi connectivity index (χ0v) is 11.8. The standard InChI is InChI=1S/C15H23N3O2/c19-14(10-15(20)6-2-1-3-7-15)18-9-5-12(11-18)13-4-8-16-17-13/h4,8,12,20H,1-3,5-7,9-11H2,(H,16,17)/t12-/m0/s1. The molecular formula is C15H23N3O2. The summed E-state index contributed by atoms with van der Waals surface area (Å²) in [5, 5.41) is 17.5. The zero-order chi connectivity index (χ0) is 14.0. The summed E-state index contributed by atoms with van der Waals surface area (Å²) in [6, 6.07) is 1.98. The van der Waals surface area contributed by atoms with E-state index in [2.05, 4.69) is 10.2 Å². The van der Waals surface area contributed by atoms with Gasteiger partial charge in [0.05, 0.1) is 12.0 Å². The molecule has 110 valence electrons. The van der Waals surface area contributed by atoms with E-state index in [0.717, 1.165) is 50.9 Å². The number of amides is 1. The van der Waals surface area contributed by atoms with Gasteiger partial charge in [-0.1, -0.05) is 19.3 Å². The number of aromatic amines is 1. The molecule has 5 nitrogen and oxygen atoms in total. The largest absolute Gasteiger partial charge is 0.389 e. The second-order valence-electron chi connectivity index (χ2n) is 6.30. The highest BCUT2D eigenvalue weighted by Crippen LogP contribution is 2.33. The Kier molecular flexibility index (Phi) is 3.78. The Morgan fingerprint density at radius 1 is 1.45 bits per heavy atom. The molecule has 1 aromatic heterocycles. The lowest BCUT2D eigenvalue weighted by molar-refractivity contribution is -0.136. The van der Waals surface area contributed by atoms with Crippen molar-refractivity contribution in [3.8, 4) is 0 Å². The number of H-pyrrole nitrogens is 1. The third kappa shape index (κ3) is 2.87. The van der Waals surface area contributed by atoms with Crippen molar-refractivity contribution in [3.63, 3.8) is 0 Å². The van der Waals surface area contributed by atoms with Gasteiger partial charge in [-0.2, -0.15) is 5.10 Å². The van der Waals surface area contributed by atoms with Crippen molar-refractivity contribution < 1.29 is 9.90 Å². The van der Waals surface area contributed by atoms with E-state index in [1.165, 1.54) is 6.42 Å². The molecule has 1 saturated carbocycles. The molecule has 0 radical (unpaired) electrons. The molecule has 1 aliphatic heterocycles. The highest BCUT2D eigenvalue weighted by Gasteiger charge is 2.35. The van der Waals surface area contributed by atoms with E-state index in [-0.39, 0.29) is 5.91 Å². The van der Waals surface area contributed by atoms with Crippen LogP contribution in [0.2, 0.25) is 0 Å². The topological polar surface area (TPSA) is 69.2 Å². The molecule has 0 bridgehead atoms. The molecule has 2 N–H and O–H groups in total. The van der Waals surface area contributed by atoms with Crippen molar-refractivity contribution in [2.75, 3.05) is 13.1 Å². The minimum Gasteiger partial charge on any atom is -0.389 e. The smallest absolute Gasteiger partial charge is 0.225 e. The van der Waals surface area contributed by atoms with Crippen LogP contribution in [0.1, 0.15) is 56.6 Å². The molecule has 1 amide bonds. The van der Waals surface area contributed by atoms with Gasteiger partial charge in [0.2, 0.25) is 5.91 Å². The van der Waals surface area contributed by atoms with Crippen molar-refractivity contribution in [2.45, 2.75) is 56.5 Å². The minimum atomic E-state index is -0.749. The Morgan fingerprint density at radius 3 is 2.95 bits per heavy atom. The lowest BCUT2D eigenvalue weighted by Gasteiger charge is -2.32. The fourth-order valence-electron chi connectivity index (χ4n) is 3.51. The summed E-state index contributed by atoms with van der Waals surface area (Å²) < 4.78 is 0. The number of carbonyl (C=O) groups is 1. The summed E-state index contributed by atoms with van der Waals surface area (Å²) in [7, 11) is 0. The van der Waals surface area contributed by atoms with Gasteiger partial charge in [-0.25, -0.2) is 0 Å². The third-order valence-electron chi connectivity index (χ3n) is 4.77. The first-order chi connectivity index (χ1) is 9.66. The van der Waals surface area contributed by atoms with Crippen LogP contribution in [0.15, 0.2) is 12.3 Å². The predicted octanol–water partition coefficient (Wildman–Crippen LogP) is 1.81. The van der Waals surface area contributed by atoms with Gasteiger partial charge < -0.3 is 10.0 Å². The van der Waals surface area contributed by atoms with E-state index >= 15 is 0 Å². The Bertz CT molecular complexity index is 452. The Balaban J connectivity index is 1.56. The van der Waals surface area contributed by atoms with Crippen LogP contribution in [0.5, 0.6) is 0 Å². The van der Waals surface area contributed by atoms with E-state index in [9.17, 15) is 9.90 Å². The molecule has 3 rings (SSSR count). The van der Waals surface area contributed by atoms with Crippen molar-refractivity contribution in [1.82, 2.24) is 15.1 Å². The molecule has 1 atom stereocenters. The van der Waals surface area contributed by atoms with Crippen LogP contribution in [0.4, 0.5) is 0 Å². The Hall–Kier alpha value is -1.36. The molecule has 0 aromatic carbocycles. The molecule has 0 unspecified atom stereocenters. The summed E-state index contributed by atoms with van der Waals surface area (Å²) in [4.78, 5) is 14.3. The van der Waals surface area contributed by atoms with Crippen molar-refractivity contribution in [2.24, 2.45) is 0 Å². The van der Waals surface area contributed by atoms with Gasteiger partial charge in [-0.15, -0.1) is 0 Å². The Morgan fingerprint density at radius 2 is 2.25 bits per heavy atom. The van der Waals surface area contributed by atoms with Gasteiger partial charge in [0, 0.05) is 30.9 Å². The maximum atomic E-state index is 12.4.